The van der Waals surface area contributed by atoms with Crippen molar-refractivity contribution in [1.29, 1.82) is 0 Å². The number of hydrogen-bond acceptors (Lipinski definition) is 2. The zero-order valence-corrected chi connectivity index (χ0v) is 12.5. The van der Waals surface area contributed by atoms with Crippen LogP contribution in [0, 0.1) is 24.7 Å². The molecule has 0 radical (unpaired) electrons. The Kier molecular flexibility index (Phi) is 5.49. The first-order valence-electron chi connectivity index (χ1n) is 7.60. The fraction of sp³-hybridized carbons (Fsp3) is 0.556. The number of ether oxygens (including phenoxy) is 1. The molecule has 2 heteroatoms. The third kappa shape index (κ3) is 4.02. The second kappa shape index (κ2) is 7.36. The number of aliphatic hydroxyl groups excluding tert-OH is 1. The van der Waals surface area contributed by atoms with E-state index in [0.717, 1.165) is 22.8 Å². The highest BCUT2D eigenvalue weighted by Crippen LogP contribution is 2.29. The van der Waals surface area contributed by atoms with E-state index in [2.05, 4.69) is 18.8 Å². The Morgan fingerprint density at radius 3 is 2.60 bits per heavy atom. The predicted molar refractivity (Wildman–Crippen MR) is 81.8 cm³/mol. The largest absolute Gasteiger partial charge is 0.490 e. The molecule has 0 atom stereocenters. The Hall–Kier alpha value is -1.46. The van der Waals surface area contributed by atoms with Crippen molar-refractivity contribution in [2.45, 2.75) is 52.1 Å². The molecule has 20 heavy (non-hydrogen) atoms. The van der Waals surface area contributed by atoms with Crippen LogP contribution in [-0.4, -0.2) is 17.8 Å². The van der Waals surface area contributed by atoms with Gasteiger partial charge in [-0.25, -0.2) is 0 Å². The van der Waals surface area contributed by atoms with Crippen molar-refractivity contribution in [3.8, 4) is 17.6 Å². The van der Waals surface area contributed by atoms with E-state index in [4.69, 9.17) is 9.84 Å². The molecule has 0 unspecified atom stereocenters. The molecule has 0 aliphatic heterocycles. The highest BCUT2D eigenvalue weighted by atomic mass is 16.5. The average molecular weight is 272 g/mol. The van der Waals surface area contributed by atoms with Crippen LogP contribution < -0.4 is 4.74 Å². The molecule has 1 saturated carbocycles. The van der Waals surface area contributed by atoms with Crippen molar-refractivity contribution in [3.05, 3.63) is 29.3 Å². The maximum absolute atomic E-state index is 8.73. The third-order valence-corrected chi connectivity index (χ3v) is 4.17. The molecule has 0 spiro atoms. The lowest BCUT2D eigenvalue weighted by Crippen LogP contribution is -2.23. The van der Waals surface area contributed by atoms with Gasteiger partial charge in [0.15, 0.2) is 0 Å². The van der Waals surface area contributed by atoms with Gasteiger partial charge in [-0.15, -0.1) is 0 Å². The summed E-state index contributed by atoms with van der Waals surface area (Å²) in [6, 6.07) is 6.01. The van der Waals surface area contributed by atoms with E-state index in [9.17, 15) is 0 Å². The highest BCUT2D eigenvalue weighted by molar-refractivity contribution is 5.44. The second-order valence-electron chi connectivity index (χ2n) is 5.61. The van der Waals surface area contributed by atoms with Crippen LogP contribution in [0.3, 0.4) is 0 Å². The summed E-state index contributed by atoms with van der Waals surface area (Å²) in [5, 5.41) is 8.73. The van der Waals surface area contributed by atoms with E-state index in [1.807, 2.05) is 25.1 Å². The molecular weight excluding hydrogens is 248 g/mol. The van der Waals surface area contributed by atoms with Crippen molar-refractivity contribution in [2.75, 3.05) is 6.61 Å². The molecule has 0 aromatic heterocycles. The summed E-state index contributed by atoms with van der Waals surface area (Å²) < 4.78 is 6.09. The molecule has 0 saturated heterocycles. The first-order valence-corrected chi connectivity index (χ1v) is 7.60. The normalized spacial score (nSPS) is 21.9. The van der Waals surface area contributed by atoms with Crippen LogP contribution in [0.1, 0.15) is 50.2 Å². The third-order valence-electron chi connectivity index (χ3n) is 4.17. The van der Waals surface area contributed by atoms with Gasteiger partial charge in [0, 0.05) is 5.56 Å². The smallest absolute Gasteiger partial charge is 0.120 e. The summed E-state index contributed by atoms with van der Waals surface area (Å²) in [6.07, 6.45) is 6.59. The van der Waals surface area contributed by atoms with Gasteiger partial charge in [-0.2, -0.15) is 0 Å². The van der Waals surface area contributed by atoms with Crippen molar-refractivity contribution in [1.82, 2.24) is 0 Å². The van der Waals surface area contributed by atoms with E-state index in [1.54, 1.807) is 0 Å². The molecule has 1 N–H and O–H groups in total. The van der Waals surface area contributed by atoms with Gasteiger partial charge in [0.2, 0.25) is 0 Å². The molecular formula is C18H24O2. The van der Waals surface area contributed by atoms with Crippen LogP contribution in [0.5, 0.6) is 5.75 Å². The topological polar surface area (TPSA) is 29.5 Å². The monoisotopic (exact) mass is 272 g/mol. The minimum absolute atomic E-state index is 0.0988. The van der Waals surface area contributed by atoms with E-state index < -0.39 is 0 Å². The molecule has 1 aromatic rings. The van der Waals surface area contributed by atoms with Crippen molar-refractivity contribution >= 4 is 0 Å². The van der Waals surface area contributed by atoms with Gasteiger partial charge in [0.1, 0.15) is 12.4 Å². The molecule has 1 aliphatic carbocycles. The minimum atomic E-state index is -0.0988. The fourth-order valence-corrected chi connectivity index (χ4v) is 2.83. The molecule has 2 nitrogen and oxygen atoms in total. The van der Waals surface area contributed by atoms with E-state index in [1.165, 1.54) is 32.1 Å². The van der Waals surface area contributed by atoms with Crippen molar-refractivity contribution < 1.29 is 9.84 Å². The SMILES string of the molecule is CCC1CCC(Oc2ccc(C#CCO)c(C)c2)CC1. The Morgan fingerprint density at radius 1 is 1.25 bits per heavy atom. The van der Waals surface area contributed by atoms with Gasteiger partial charge in [0.05, 0.1) is 6.10 Å². The second-order valence-corrected chi connectivity index (χ2v) is 5.61. The summed E-state index contributed by atoms with van der Waals surface area (Å²) in [5.74, 6) is 7.47. The molecule has 0 heterocycles. The van der Waals surface area contributed by atoms with Crippen LogP contribution in [0.25, 0.3) is 0 Å². The zero-order valence-electron chi connectivity index (χ0n) is 12.5. The molecule has 0 bridgehead atoms. The maximum Gasteiger partial charge on any atom is 0.120 e. The predicted octanol–water partition coefficient (Wildman–Crippen LogP) is 3.69. The minimum Gasteiger partial charge on any atom is -0.490 e. The van der Waals surface area contributed by atoms with Crippen molar-refractivity contribution in [2.24, 2.45) is 5.92 Å². The van der Waals surface area contributed by atoms with Gasteiger partial charge in [-0.05, 0) is 62.3 Å². The van der Waals surface area contributed by atoms with Gasteiger partial charge in [0.25, 0.3) is 0 Å². The van der Waals surface area contributed by atoms with Gasteiger partial charge in [-0.3, -0.25) is 0 Å². The van der Waals surface area contributed by atoms with Crippen LogP contribution >= 0.6 is 0 Å². The van der Waals surface area contributed by atoms with Crippen molar-refractivity contribution in [3.63, 3.8) is 0 Å². The van der Waals surface area contributed by atoms with Gasteiger partial charge in [-0.1, -0.05) is 25.2 Å². The molecule has 2 rings (SSSR count). The number of hydrogen-bond donors (Lipinski definition) is 1. The fourth-order valence-electron chi connectivity index (χ4n) is 2.83. The van der Waals surface area contributed by atoms with E-state index >= 15 is 0 Å². The number of aryl methyl sites for hydroxylation is 1. The molecule has 0 amide bonds. The van der Waals surface area contributed by atoms with Crippen LogP contribution in [0.15, 0.2) is 18.2 Å². The summed E-state index contributed by atoms with van der Waals surface area (Å²) in [4.78, 5) is 0. The highest BCUT2D eigenvalue weighted by Gasteiger charge is 2.21. The number of rotatable bonds is 3. The first-order chi connectivity index (χ1) is 9.72. The van der Waals surface area contributed by atoms with Crippen LogP contribution in [0.4, 0.5) is 0 Å². The van der Waals surface area contributed by atoms with Gasteiger partial charge >= 0.3 is 0 Å². The Bertz CT molecular complexity index is 488. The zero-order chi connectivity index (χ0) is 14.4. The number of benzene rings is 1. The molecule has 108 valence electrons. The Morgan fingerprint density at radius 2 is 2.00 bits per heavy atom. The quantitative estimate of drug-likeness (QED) is 0.850. The number of aliphatic hydroxyl groups is 1. The summed E-state index contributed by atoms with van der Waals surface area (Å²) in [5.41, 5.74) is 2.06. The van der Waals surface area contributed by atoms with Gasteiger partial charge < -0.3 is 9.84 Å². The summed E-state index contributed by atoms with van der Waals surface area (Å²) in [7, 11) is 0. The van der Waals surface area contributed by atoms with Crippen LogP contribution in [-0.2, 0) is 0 Å². The molecule has 1 aromatic carbocycles. The Labute approximate surface area is 122 Å². The maximum atomic E-state index is 8.73. The molecule has 1 aliphatic rings. The first kappa shape index (κ1) is 14.9. The lowest BCUT2D eigenvalue weighted by Gasteiger charge is -2.28. The Balaban J connectivity index is 1.95. The lowest BCUT2D eigenvalue weighted by atomic mass is 9.86. The lowest BCUT2D eigenvalue weighted by molar-refractivity contribution is 0.130. The van der Waals surface area contributed by atoms with Crippen LogP contribution in [0.2, 0.25) is 0 Å². The van der Waals surface area contributed by atoms with E-state index in [-0.39, 0.29) is 6.61 Å². The summed E-state index contributed by atoms with van der Waals surface area (Å²) in [6.45, 7) is 4.21. The summed E-state index contributed by atoms with van der Waals surface area (Å²) >= 11 is 0. The molecule has 1 fully saturated rings. The average Bonchev–Trinajstić information content (AvgIpc) is 2.47. The van der Waals surface area contributed by atoms with E-state index in [0.29, 0.717) is 6.10 Å². The standard InChI is InChI=1S/C18H24O2/c1-3-15-6-9-17(10-7-15)20-18-11-8-16(5-4-12-19)14(2)13-18/h8,11,13,15,17,19H,3,6-7,9-10,12H2,1-2H3.